The number of amides is 2. The van der Waals surface area contributed by atoms with Crippen molar-refractivity contribution in [3.63, 3.8) is 0 Å². The molecular weight excluding hydrogens is 412 g/mol. The van der Waals surface area contributed by atoms with Gasteiger partial charge in [0, 0.05) is 6.04 Å². The Morgan fingerprint density at radius 3 is 2.35 bits per heavy atom. The van der Waals surface area contributed by atoms with Gasteiger partial charge in [0.05, 0.1) is 23.0 Å². The van der Waals surface area contributed by atoms with Crippen LogP contribution in [0.25, 0.3) is 0 Å². The molecular formula is C25H25ClN2O3. The van der Waals surface area contributed by atoms with Gasteiger partial charge < -0.3 is 15.7 Å². The van der Waals surface area contributed by atoms with Crippen molar-refractivity contribution in [1.82, 2.24) is 10.6 Å². The predicted octanol–water partition coefficient (Wildman–Crippen LogP) is 4.65. The maximum Gasteiger partial charge on any atom is 0.253 e. The molecule has 6 heteroatoms. The molecule has 2 unspecified atom stereocenters. The molecule has 3 N–H and O–H groups in total. The van der Waals surface area contributed by atoms with Crippen molar-refractivity contribution in [2.75, 3.05) is 0 Å². The molecule has 0 heterocycles. The smallest absolute Gasteiger partial charge is 0.253 e. The summed E-state index contributed by atoms with van der Waals surface area (Å²) in [7, 11) is 0. The molecule has 5 nitrogen and oxygen atoms in total. The number of hydrogen-bond donors (Lipinski definition) is 3. The predicted molar refractivity (Wildman–Crippen MR) is 122 cm³/mol. The molecule has 3 aromatic rings. The zero-order valence-electron chi connectivity index (χ0n) is 17.2. The molecule has 3 rings (SSSR count). The summed E-state index contributed by atoms with van der Waals surface area (Å²) in [5, 5.41) is 15.9. The molecule has 0 aliphatic carbocycles. The van der Waals surface area contributed by atoms with Crippen LogP contribution in [-0.4, -0.2) is 23.0 Å². The van der Waals surface area contributed by atoms with Crippen LogP contribution in [0.15, 0.2) is 78.9 Å². The van der Waals surface area contributed by atoms with E-state index in [1.165, 1.54) is 0 Å². The van der Waals surface area contributed by atoms with Crippen LogP contribution in [0.4, 0.5) is 0 Å². The molecule has 0 saturated carbocycles. The van der Waals surface area contributed by atoms with Crippen LogP contribution in [0.1, 0.15) is 40.9 Å². The minimum absolute atomic E-state index is 0.0879. The van der Waals surface area contributed by atoms with Crippen LogP contribution in [0.5, 0.6) is 5.75 Å². The standard InChI is InChI=1S/C25H25ClN2O3/c1-17(14-18-8-7-11-20(29)15-18)27-24(30)16-23(19-9-3-2-4-10-19)28-25(31)21-12-5-6-13-22(21)26/h2-13,15,17,23,29H,14,16H2,1H3,(H,27,30)(H,28,31). The number of halogens is 1. The van der Waals surface area contributed by atoms with E-state index >= 15 is 0 Å². The van der Waals surface area contributed by atoms with Gasteiger partial charge in [0.15, 0.2) is 0 Å². The Morgan fingerprint density at radius 2 is 1.65 bits per heavy atom. The molecule has 0 aliphatic heterocycles. The highest BCUT2D eigenvalue weighted by Crippen LogP contribution is 2.20. The van der Waals surface area contributed by atoms with Crippen LogP contribution in [0, 0.1) is 0 Å². The SMILES string of the molecule is CC(Cc1cccc(O)c1)NC(=O)CC(NC(=O)c1ccccc1Cl)c1ccccc1. The summed E-state index contributed by atoms with van der Waals surface area (Å²) >= 11 is 6.15. The fraction of sp³-hybridized carbons (Fsp3) is 0.200. The minimum Gasteiger partial charge on any atom is -0.508 e. The Labute approximate surface area is 187 Å². The lowest BCUT2D eigenvalue weighted by Gasteiger charge is -2.21. The normalized spacial score (nSPS) is 12.6. The second kappa shape index (κ2) is 10.6. The van der Waals surface area contributed by atoms with Gasteiger partial charge in [-0.1, -0.05) is 66.2 Å². The van der Waals surface area contributed by atoms with Crippen molar-refractivity contribution >= 4 is 23.4 Å². The van der Waals surface area contributed by atoms with Gasteiger partial charge in [-0.3, -0.25) is 9.59 Å². The first-order chi connectivity index (χ1) is 14.9. The van der Waals surface area contributed by atoms with Crippen molar-refractivity contribution in [3.8, 4) is 5.75 Å². The maximum atomic E-state index is 12.8. The molecule has 0 aliphatic rings. The highest BCUT2D eigenvalue weighted by molar-refractivity contribution is 6.33. The van der Waals surface area contributed by atoms with E-state index in [9.17, 15) is 14.7 Å². The maximum absolute atomic E-state index is 12.8. The van der Waals surface area contributed by atoms with Crippen molar-refractivity contribution < 1.29 is 14.7 Å². The highest BCUT2D eigenvalue weighted by Gasteiger charge is 2.21. The van der Waals surface area contributed by atoms with Gasteiger partial charge in [-0.2, -0.15) is 0 Å². The zero-order valence-corrected chi connectivity index (χ0v) is 18.0. The van der Waals surface area contributed by atoms with E-state index in [2.05, 4.69) is 10.6 Å². The first-order valence-corrected chi connectivity index (χ1v) is 10.5. The molecule has 2 atom stereocenters. The van der Waals surface area contributed by atoms with Crippen LogP contribution in [-0.2, 0) is 11.2 Å². The molecule has 0 saturated heterocycles. The third-order valence-electron chi connectivity index (χ3n) is 4.88. The lowest BCUT2D eigenvalue weighted by Crippen LogP contribution is -2.38. The van der Waals surface area contributed by atoms with E-state index in [1.807, 2.05) is 43.3 Å². The summed E-state index contributed by atoms with van der Waals surface area (Å²) in [4.78, 5) is 25.5. The Kier molecular flexibility index (Phi) is 7.68. The minimum atomic E-state index is -0.502. The van der Waals surface area contributed by atoms with Crippen molar-refractivity contribution in [2.24, 2.45) is 0 Å². The number of carbonyl (C=O) groups is 2. The molecule has 2 amide bonds. The van der Waals surface area contributed by atoms with Crippen LogP contribution < -0.4 is 10.6 Å². The summed E-state index contributed by atoms with van der Waals surface area (Å²) in [5.74, 6) is -0.316. The van der Waals surface area contributed by atoms with Gasteiger partial charge in [0.2, 0.25) is 5.91 Å². The average Bonchev–Trinajstić information content (AvgIpc) is 2.74. The number of rotatable bonds is 8. The largest absolute Gasteiger partial charge is 0.508 e. The molecule has 0 radical (unpaired) electrons. The van der Waals surface area contributed by atoms with E-state index < -0.39 is 6.04 Å². The van der Waals surface area contributed by atoms with Gasteiger partial charge >= 0.3 is 0 Å². The Morgan fingerprint density at radius 1 is 0.935 bits per heavy atom. The van der Waals surface area contributed by atoms with E-state index in [1.54, 1.807) is 42.5 Å². The van der Waals surface area contributed by atoms with E-state index in [4.69, 9.17) is 11.6 Å². The topological polar surface area (TPSA) is 78.4 Å². The first-order valence-electron chi connectivity index (χ1n) is 10.1. The molecule has 0 bridgehead atoms. The Balaban J connectivity index is 1.67. The van der Waals surface area contributed by atoms with E-state index in [0.717, 1.165) is 11.1 Å². The molecule has 31 heavy (non-hydrogen) atoms. The quantitative estimate of drug-likeness (QED) is 0.480. The molecule has 0 fully saturated rings. The number of benzene rings is 3. The number of hydrogen-bond acceptors (Lipinski definition) is 3. The number of carbonyl (C=O) groups excluding carboxylic acids is 2. The van der Waals surface area contributed by atoms with Crippen molar-refractivity contribution in [1.29, 1.82) is 0 Å². The monoisotopic (exact) mass is 436 g/mol. The summed E-state index contributed by atoms with van der Waals surface area (Å²) < 4.78 is 0. The fourth-order valence-electron chi connectivity index (χ4n) is 3.43. The number of aromatic hydroxyl groups is 1. The van der Waals surface area contributed by atoms with Crippen LogP contribution in [0.3, 0.4) is 0 Å². The molecule has 0 aromatic heterocycles. The number of phenols is 1. The van der Waals surface area contributed by atoms with Crippen LogP contribution >= 0.6 is 11.6 Å². The summed E-state index contributed by atoms with van der Waals surface area (Å²) in [6.07, 6.45) is 0.673. The third kappa shape index (κ3) is 6.59. The molecule has 0 spiro atoms. The summed E-state index contributed by atoms with van der Waals surface area (Å²) in [6.45, 7) is 1.90. The van der Waals surface area contributed by atoms with E-state index in [-0.39, 0.29) is 30.0 Å². The van der Waals surface area contributed by atoms with Crippen molar-refractivity contribution in [2.45, 2.75) is 31.8 Å². The van der Waals surface area contributed by atoms with Gasteiger partial charge in [-0.25, -0.2) is 0 Å². The van der Waals surface area contributed by atoms with Gasteiger partial charge in [0.1, 0.15) is 5.75 Å². The fourth-order valence-corrected chi connectivity index (χ4v) is 3.65. The summed E-state index contributed by atoms with van der Waals surface area (Å²) in [5.41, 5.74) is 2.13. The number of phenolic OH excluding ortho intramolecular Hbond substituents is 1. The molecule has 160 valence electrons. The lowest BCUT2D eigenvalue weighted by molar-refractivity contribution is -0.122. The van der Waals surface area contributed by atoms with E-state index in [0.29, 0.717) is 17.0 Å². The lowest BCUT2D eigenvalue weighted by atomic mass is 10.0. The second-order valence-corrected chi connectivity index (χ2v) is 7.87. The van der Waals surface area contributed by atoms with Gasteiger partial charge in [-0.05, 0) is 48.7 Å². The van der Waals surface area contributed by atoms with Crippen molar-refractivity contribution in [3.05, 3.63) is 101 Å². The third-order valence-corrected chi connectivity index (χ3v) is 5.20. The average molecular weight is 437 g/mol. The highest BCUT2D eigenvalue weighted by atomic mass is 35.5. The first kappa shape index (κ1) is 22.4. The zero-order chi connectivity index (χ0) is 22.2. The Bertz CT molecular complexity index is 1040. The second-order valence-electron chi connectivity index (χ2n) is 7.46. The summed E-state index contributed by atoms with van der Waals surface area (Å²) in [6, 6.07) is 22.5. The van der Waals surface area contributed by atoms with Gasteiger partial charge in [-0.15, -0.1) is 0 Å². The van der Waals surface area contributed by atoms with Gasteiger partial charge in [0.25, 0.3) is 5.91 Å². The van der Waals surface area contributed by atoms with Crippen LogP contribution in [0.2, 0.25) is 5.02 Å². The molecule has 3 aromatic carbocycles. The Hall–Kier alpha value is -3.31. The number of nitrogens with one attached hydrogen (secondary N) is 2.